The molecule has 1 aromatic carbocycles. The van der Waals surface area contributed by atoms with Crippen molar-refractivity contribution in [2.45, 2.75) is 71.1 Å². The molecule has 0 aliphatic rings. The monoisotopic (exact) mass is 347 g/mol. The molecule has 25 heavy (non-hydrogen) atoms. The number of benzene rings is 1. The first-order valence-corrected chi connectivity index (χ1v) is 9.65. The molecule has 0 aliphatic carbocycles. The number of carbonyl (C=O) groups excluding carboxylic acids is 2. The van der Waals surface area contributed by atoms with Crippen LogP contribution in [0.3, 0.4) is 0 Å². The number of hydrogen-bond donors (Lipinski definition) is 1. The number of nitrogens with one attached hydrogen (secondary N) is 1. The van der Waals surface area contributed by atoms with Crippen molar-refractivity contribution in [1.29, 1.82) is 0 Å². The van der Waals surface area contributed by atoms with Gasteiger partial charge in [0.25, 0.3) is 5.91 Å². The fraction of sp³-hybridized carbons (Fsp3) is 0.619. The summed E-state index contributed by atoms with van der Waals surface area (Å²) in [5.41, 5.74) is 1.02. The van der Waals surface area contributed by atoms with Crippen LogP contribution in [0.25, 0.3) is 0 Å². The van der Waals surface area contributed by atoms with Gasteiger partial charge in [0, 0.05) is 12.1 Å². The molecule has 0 bridgehead atoms. The molecule has 0 unspecified atom stereocenters. The smallest absolute Gasteiger partial charge is 0.337 e. The van der Waals surface area contributed by atoms with Gasteiger partial charge >= 0.3 is 5.97 Å². The van der Waals surface area contributed by atoms with Crippen molar-refractivity contribution in [1.82, 2.24) is 5.32 Å². The Hall–Kier alpha value is -1.84. The first-order chi connectivity index (χ1) is 12.2. The zero-order valence-corrected chi connectivity index (χ0v) is 15.8. The first-order valence-electron chi connectivity index (χ1n) is 9.65. The predicted molar refractivity (Wildman–Crippen MR) is 102 cm³/mol. The van der Waals surface area contributed by atoms with Gasteiger partial charge in [0.1, 0.15) is 0 Å². The number of carbonyl (C=O) groups is 2. The summed E-state index contributed by atoms with van der Waals surface area (Å²) in [4.78, 5) is 23.4. The maximum atomic E-state index is 12.0. The van der Waals surface area contributed by atoms with Gasteiger partial charge in [0.15, 0.2) is 0 Å². The zero-order chi connectivity index (χ0) is 18.3. The molecule has 1 N–H and O–H groups in total. The van der Waals surface area contributed by atoms with Crippen LogP contribution in [-0.4, -0.2) is 25.5 Å². The third-order valence-corrected chi connectivity index (χ3v) is 4.38. The average Bonchev–Trinajstić information content (AvgIpc) is 2.65. The normalized spacial score (nSPS) is 10.5. The molecule has 4 heteroatoms. The van der Waals surface area contributed by atoms with Crippen LogP contribution in [-0.2, 0) is 4.74 Å². The van der Waals surface area contributed by atoms with Gasteiger partial charge in [-0.25, -0.2) is 4.79 Å². The Balaban J connectivity index is 2.06. The van der Waals surface area contributed by atoms with Gasteiger partial charge < -0.3 is 10.1 Å². The number of hydrogen-bond acceptors (Lipinski definition) is 3. The van der Waals surface area contributed by atoms with Crippen molar-refractivity contribution in [3.8, 4) is 0 Å². The van der Waals surface area contributed by atoms with Crippen molar-refractivity contribution in [3.05, 3.63) is 35.4 Å². The Morgan fingerprint density at radius 1 is 0.800 bits per heavy atom. The summed E-state index contributed by atoms with van der Waals surface area (Å²) in [6, 6.07) is 6.53. The maximum Gasteiger partial charge on any atom is 0.337 e. The number of amides is 1. The van der Waals surface area contributed by atoms with Gasteiger partial charge in [-0.1, -0.05) is 64.7 Å². The topological polar surface area (TPSA) is 55.4 Å². The summed E-state index contributed by atoms with van der Waals surface area (Å²) >= 11 is 0. The molecular formula is C21H33NO3. The molecule has 0 heterocycles. The molecule has 0 saturated carbocycles. The van der Waals surface area contributed by atoms with Gasteiger partial charge in [0.2, 0.25) is 0 Å². The summed E-state index contributed by atoms with van der Waals surface area (Å²) in [7, 11) is 1.34. The minimum absolute atomic E-state index is 0.0904. The largest absolute Gasteiger partial charge is 0.465 e. The van der Waals surface area contributed by atoms with Crippen molar-refractivity contribution in [3.63, 3.8) is 0 Å². The number of ether oxygens (including phenoxy) is 1. The molecule has 4 nitrogen and oxygen atoms in total. The molecule has 0 atom stereocenters. The molecule has 0 fully saturated rings. The highest BCUT2D eigenvalue weighted by Crippen LogP contribution is 2.10. The highest BCUT2D eigenvalue weighted by Gasteiger charge is 2.08. The lowest BCUT2D eigenvalue weighted by molar-refractivity contribution is 0.0600. The van der Waals surface area contributed by atoms with Crippen LogP contribution in [0.5, 0.6) is 0 Å². The lowest BCUT2D eigenvalue weighted by atomic mass is 10.1. The van der Waals surface area contributed by atoms with Crippen LogP contribution in [0.2, 0.25) is 0 Å². The fourth-order valence-electron chi connectivity index (χ4n) is 2.79. The number of esters is 1. The quantitative estimate of drug-likeness (QED) is 0.398. The maximum absolute atomic E-state index is 12.0. The van der Waals surface area contributed by atoms with Crippen LogP contribution in [0.4, 0.5) is 0 Å². The second-order valence-corrected chi connectivity index (χ2v) is 6.51. The van der Waals surface area contributed by atoms with E-state index in [1.54, 1.807) is 24.3 Å². The van der Waals surface area contributed by atoms with Crippen molar-refractivity contribution >= 4 is 11.9 Å². The van der Waals surface area contributed by atoms with Crippen LogP contribution in [0, 0.1) is 0 Å². The summed E-state index contributed by atoms with van der Waals surface area (Å²) in [6.45, 7) is 2.95. The molecule has 1 aromatic rings. The zero-order valence-electron chi connectivity index (χ0n) is 15.8. The first kappa shape index (κ1) is 21.2. The molecule has 0 saturated heterocycles. The van der Waals surface area contributed by atoms with Gasteiger partial charge in [-0.2, -0.15) is 0 Å². The third-order valence-electron chi connectivity index (χ3n) is 4.38. The van der Waals surface area contributed by atoms with E-state index in [9.17, 15) is 9.59 Å². The Bertz CT molecular complexity index is 496. The lowest BCUT2D eigenvalue weighted by Crippen LogP contribution is -2.24. The molecule has 0 radical (unpaired) electrons. The van der Waals surface area contributed by atoms with Gasteiger partial charge in [0.05, 0.1) is 12.7 Å². The van der Waals surface area contributed by atoms with E-state index in [1.165, 1.54) is 58.5 Å². The molecule has 0 aromatic heterocycles. The van der Waals surface area contributed by atoms with Crippen molar-refractivity contribution in [2.75, 3.05) is 13.7 Å². The Morgan fingerprint density at radius 3 is 1.80 bits per heavy atom. The molecule has 0 aliphatic heterocycles. The van der Waals surface area contributed by atoms with E-state index in [0.29, 0.717) is 17.7 Å². The van der Waals surface area contributed by atoms with Crippen LogP contribution >= 0.6 is 0 Å². The number of unbranched alkanes of at least 4 members (excludes halogenated alkanes) is 9. The summed E-state index contributed by atoms with van der Waals surface area (Å²) in [5.74, 6) is -0.482. The average molecular weight is 347 g/mol. The lowest BCUT2D eigenvalue weighted by Gasteiger charge is -2.06. The summed E-state index contributed by atoms with van der Waals surface area (Å²) < 4.78 is 4.64. The van der Waals surface area contributed by atoms with Crippen LogP contribution < -0.4 is 5.32 Å². The molecule has 1 rings (SSSR count). The van der Waals surface area contributed by atoms with Crippen LogP contribution in [0.1, 0.15) is 91.8 Å². The van der Waals surface area contributed by atoms with E-state index in [-0.39, 0.29) is 5.91 Å². The second kappa shape index (κ2) is 13.5. The highest BCUT2D eigenvalue weighted by atomic mass is 16.5. The van der Waals surface area contributed by atoms with E-state index in [4.69, 9.17) is 0 Å². The molecular weight excluding hydrogens is 314 g/mol. The minimum atomic E-state index is -0.391. The summed E-state index contributed by atoms with van der Waals surface area (Å²) in [6.07, 6.45) is 12.8. The van der Waals surface area contributed by atoms with E-state index in [2.05, 4.69) is 17.0 Å². The fourth-order valence-corrected chi connectivity index (χ4v) is 2.79. The minimum Gasteiger partial charge on any atom is -0.465 e. The third kappa shape index (κ3) is 9.28. The second-order valence-electron chi connectivity index (χ2n) is 6.51. The standard InChI is InChI=1S/C21H33NO3/c1-3-4-5-6-7-8-9-10-11-12-17-22-20(23)18-13-15-19(16-14-18)21(24)25-2/h13-16H,3-12,17H2,1-2H3,(H,22,23). The number of rotatable bonds is 13. The van der Waals surface area contributed by atoms with E-state index in [1.807, 2.05) is 0 Å². The molecule has 0 spiro atoms. The van der Waals surface area contributed by atoms with Crippen LogP contribution in [0.15, 0.2) is 24.3 Å². The number of methoxy groups -OCH3 is 1. The Labute approximate surface area is 152 Å². The SMILES string of the molecule is CCCCCCCCCCCCNC(=O)c1ccc(C(=O)OC)cc1. The molecule has 140 valence electrons. The predicted octanol–water partition coefficient (Wildman–Crippen LogP) is 5.12. The van der Waals surface area contributed by atoms with Gasteiger partial charge in [-0.3, -0.25) is 4.79 Å². The van der Waals surface area contributed by atoms with Gasteiger partial charge in [-0.05, 0) is 30.7 Å². The van der Waals surface area contributed by atoms with E-state index < -0.39 is 5.97 Å². The van der Waals surface area contributed by atoms with E-state index >= 15 is 0 Å². The van der Waals surface area contributed by atoms with Gasteiger partial charge in [-0.15, -0.1) is 0 Å². The van der Waals surface area contributed by atoms with Crippen molar-refractivity contribution in [2.24, 2.45) is 0 Å². The molecule has 1 amide bonds. The Morgan fingerprint density at radius 2 is 1.28 bits per heavy atom. The summed E-state index contributed by atoms with van der Waals surface area (Å²) in [5, 5.41) is 2.93. The van der Waals surface area contributed by atoms with E-state index in [0.717, 1.165) is 12.8 Å². The highest BCUT2D eigenvalue weighted by molar-refractivity contribution is 5.96. The Kier molecular flexibility index (Phi) is 11.4. The van der Waals surface area contributed by atoms with Crippen molar-refractivity contribution < 1.29 is 14.3 Å².